The average molecular weight is 444 g/mol. The molecule has 8 heteroatoms. The van der Waals surface area contributed by atoms with Crippen LogP contribution in [-0.4, -0.2) is 36.3 Å². The summed E-state index contributed by atoms with van der Waals surface area (Å²) >= 11 is 7.87. The number of hydrogen-bond donors (Lipinski definition) is 2. The second-order valence-electron chi connectivity index (χ2n) is 7.12. The highest BCUT2D eigenvalue weighted by Crippen LogP contribution is 2.30. The molecule has 1 aliphatic rings. The van der Waals surface area contributed by atoms with Gasteiger partial charge in [-0.2, -0.15) is 0 Å². The van der Waals surface area contributed by atoms with Crippen LogP contribution >= 0.6 is 22.9 Å². The molecule has 3 heterocycles. The van der Waals surface area contributed by atoms with E-state index in [0.717, 1.165) is 25.1 Å². The Morgan fingerprint density at radius 2 is 2.00 bits per heavy atom. The van der Waals surface area contributed by atoms with Crippen molar-refractivity contribution in [3.63, 3.8) is 0 Å². The largest absolute Gasteiger partial charge is 0.459 e. The molecule has 1 unspecified atom stereocenters. The molecular formula is C22H22ClN3O3S. The number of carbonyl (C=O) groups is 2. The van der Waals surface area contributed by atoms with Gasteiger partial charge in [0.25, 0.3) is 5.91 Å². The molecule has 0 spiro atoms. The van der Waals surface area contributed by atoms with Crippen LogP contribution in [0.2, 0.25) is 5.02 Å². The molecule has 0 radical (unpaired) electrons. The van der Waals surface area contributed by atoms with Crippen molar-refractivity contribution in [3.05, 3.63) is 80.9 Å². The Balaban J connectivity index is 1.39. The Kier molecular flexibility index (Phi) is 6.52. The number of nitrogens with zero attached hydrogens (tertiary/aromatic N) is 1. The van der Waals surface area contributed by atoms with E-state index in [2.05, 4.69) is 27.0 Å². The number of fused-ring (bicyclic) bond motifs is 1. The van der Waals surface area contributed by atoms with Gasteiger partial charge in [0.2, 0.25) is 5.91 Å². The quantitative estimate of drug-likeness (QED) is 0.584. The third-order valence-corrected chi connectivity index (χ3v) is 6.45. The van der Waals surface area contributed by atoms with Gasteiger partial charge in [-0.05, 0) is 53.3 Å². The molecule has 6 nitrogen and oxygen atoms in total. The first-order valence-corrected chi connectivity index (χ1v) is 11.0. The van der Waals surface area contributed by atoms with E-state index in [1.54, 1.807) is 23.5 Å². The van der Waals surface area contributed by atoms with Crippen molar-refractivity contribution in [1.29, 1.82) is 0 Å². The van der Waals surface area contributed by atoms with Crippen LogP contribution in [0.4, 0.5) is 0 Å². The third kappa shape index (κ3) is 4.92. The summed E-state index contributed by atoms with van der Waals surface area (Å²) in [4.78, 5) is 28.1. The number of nitrogens with one attached hydrogen (secondary N) is 2. The van der Waals surface area contributed by atoms with E-state index < -0.39 is 5.91 Å². The first kappa shape index (κ1) is 20.7. The molecule has 0 fully saturated rings. The van der Waals surface area contributed by atoms with Gasteiger partial charge in [-0.25, -0.2) is 0 Å². The molecule has 0 saturated carbocycles. The number of thiophene rings is 1. The molecule has 30 heavy (non-hydrogen) atoms. The second kappa shape index (κ2) is 9.47. The zero-order valence-electron chi connectivity index (χ0n) is 16.3. The molecule has 2 aromatic heterocycles. The fourth-order valence-corrected chi connectivity index (χ4v) is 4.62. The number of rotatable bonds is 7. The zero-order chi connectivity index (χ0) is 20.9. The van der Waals surface area contributed by atoms with Crippen molar-refractivity contribution in [2.24, 2.45) is 0 Å². The normalized spacial score (nSPS) is 14.7. The first-order chi connectivity index (χ1) is 14.6. The van der Waals surface area contributed by atoms with Crippen LogP contribution in [0.3, 0.4) is 0 Å². The minimum atomic E-state index is -0.412. The maximum absolute atomic E-state index is 12.4. The molecule has 156 valence electrons. The molecule has 1 aliphatic heterocycles. The monoisotopic (exact) mass is 443 g/mol. The molecule has 1 aromatic carbocycles. The molecule has 0 aliphatic carbocycles. The van der Waals surface area contributed by atoms with Crippen molar-refractivity contribution in [1.82, 2.24) is 15.5 Å². The van der Waals surface area contributed by atoms with E-state index in [1.165, 1.54) is 16.7 Å². The summed E-state index contributed by atoms with van der Waals surface area (Å²) in [6.07, 6.45) is 2.42. The molecule has 2 amide bonds. The Labute approximate surface area is 183 Å². The summed E-state index contributed by atoms with van der Waals surface area (Å²) in [7, 11) is 0. The number of benzene rings is 1. The Morgan fingerprint density at radius 3 is 2.77 bits per heavy atom. The molecule has 0 bridgehead atoms. The molecular weight excluding hydrogens is 422 g/mol. The smallest absolute Gasteiger partial charge is 0.287 e. The minimum absolute atomic E-state index is 0.0139. The highest BCUT2D eigenvalue weighted by atomic mass is 35.5. The zero-order valence-corrected chi connectivity index (χ0v) is 17.8. The van der Waals surface area contributed by atoms with Crippen LogP contribution in [0.1, 0.15) is 32.6 Å². The van der Waals surface area contributed by atoms with Crippen molar-refractivity contribution in [3.8, 4) is 0 Å². The predicted octanol–water partition coefficient (Wildman–Crippen LogP) is 3.64. The van der Waals surface area contributed by atoms with E-state index in [1.807, 2.05) is 24.3 Å². The lowest BCUT2D eigenvalue weighted by Crippen LogP contribution is -2.43. The van der Waals surface area contributed by atoms with Gasteiger partial charge in [-0.3, -0.25) is 14.5 Å². The number of carbonyl (C=O) groups excluding carboxylic acids is 2. The maximum atomic E-state index is 12.4. The fourth-order valence-electron chi connectivity index (χ4n) is 3.61. The van der Waals surface area contributed by atoms with Gasteiger partial charge in [0.15, 0.2) is 5.76 Å². The first-order valence-electron chi connectivity index (χ1n) is 9.73. The predicted molar refractivity (Wildman–Crippen MR) is 117 cm³/mol. The van der Waals surface area contributed by atoms with Gasteiger partial charge in [-0.1, -0.05) is 23.7 Å². The summed E-state index contributed by atoms with van der Waals surface area (Å²) in [6, 6.07) is 13.1. The van der Waals surface area contributed by atoms with Crippen molar-refractivity contribution in [2.45, 2.75) is 19.0 Å². The SMILES string of the molecule is O=C(CNC(=O)c1ccco1)NCC(c1ccc(Cl)cc1)N1CCc2sccc2C1. The van der Waals surface area contributed by atoms with Crippen molar-refractivity contribution >= 4 is 34.8 Å². The third-order valence-electron chi connectivity index (χ3n) is 5.18. The highest BCUT2D eigenvalue weighted by Gasteiger charge is 2.26. The van der Waals surface area contributed by atoms with Crippen LogP contribution in [0.5, 0.6) is 0 Å². The summed E-state index contributed by atoms with van der Waals surface area (Å²) in [5, 5.41) is 8.34. The highest BCUT2D eigenvalue weighted by molar-refractivity contribution is 7.10. The summed E-state index contributed by atoms with van der Waals surface area (Å²) < 4.78 is 5.03. The van der Waals surface area contributed by atoms with Crippen LogP contribution in [0.15, 0.2) is 58.5 Å². The molecule has 4 rings (SSSR count). The minimum Gasteiger partial charge on any atom is -0.459 e. The van der Waals surface area contributed by atoms with Crippen LogP contribution in [-0.2, 0) is 17.8 Å². The number of halogens is 1. The fraction of sp³-hybridized carbons (Fsp3) is 0.273. The van der Waals surface area contributed by atoms with Crippen molar-refractivity contribution in [2.75, 3.05) is 19.6 Å². The summed E-state index contributed by atoms with van der Waals surface area (Å²) in [5.74, 6) is -0.478. The Morgan fingerprint density at radius 1 is 1.17 bits per heavy atom. The van der Waals surface area contributed by atoms with Gasteiger partial charge in [0.1, 0.15) is 0 Å². The van der Waals surface area contributed by atoms with Crippen LogP contribution in [0, 0.1) is 0 Å². The van der Waals surface area contributed by atoms with E-state index in [9.17, 15) is 9.59 Å². The van der Waals surface area contributed by atoms with E-state index in [0.29, 0.717) is 11.6 Å². The van der Waals surface area contributed by atoms with Gasteiger partial charge in [0, 0.05) is 29.5 Å². The number of amides is 2. The Bertz CT molecular complexity index is 1000. The van der Waals surface area contributed by atoms with Crippen molar-refractivity contribution < 1.29 is 14.0 Å². The second-order valence-corrected chi connectivity index (χ2v) is 8.56. The number of furan rings is 1. The lowest BCUT2D eigenvalue weighted by atomic mass is 10.0. The van der Waals surface area contributed by atoms with E-state index >= 15 is 0 Å². The molecule has 1 atom stereocenters. The summed E-state index contributed by atoms with van der Waals surface area (Å²) in [5.41, 5.74) is 2.44. The maximum Gasteiger partial charge on any atom is 0.287 e. The standard InChI is InChI=1S/C22H22ClN3O3S/c23-17-5-3-15(4-6-17)18(26-9-7-20-16(14-26)8-11-30-20)12-24-21(27)13-25-22(28)19-2-1-10-29-19/h1-6,8,10-11,18H,7,9,12-14H2,(H,24,27)(H,25,28). The van der Waals surface area contributed by atoms with E-state index in [4.69, 9.17) is 16.0 Å². The van der Waals surface area contributed by atoms with Gasteiger partial charge in [-0.15, -0.1) is 11.3 Å². The van der Waals surface area contributed by atoms with Gasteiger partial charge >= 0.3 is 0 Å². The number of hydrogen-bond acceptors (Lipinski definition) is 5. The summed E-state index contributed by atoms with van der Waals surface area (Å²) in [6.45, 7) is 2.10. The average Bonchev–Trinajstić information content (AvgIpc) is 3.45. The molecule has 3 aromatic rings. The molecule has 2 N–H and O–H groups in total. The van der Waals surface area contributed by atoms with Gasteiger partial charge < -0.3 is 15.1 Å². The van der Waals surface area contributed by atoms with Crippen LogP contribution < -0.4 is 10.6 Å². The van der Waals surface area contributed by atoms with Gasteiger partial charge in [0.05, 0.1) is 18.8 Å². The topological polar surface area (TPSA) is 74.6 Å². The lowest BCUT2D eigenvalue weighted by Gasteiger charge is -2.35. The Hall–Kier alpha value is -2.61. The molecule has 0 saturated heterocycles. The van der Waals surface area contributed by atoms with Crippen LogP contribution in [0.25, 0.3) is 0 Å². The lowest BCUT2D eigenvalue weighted by molar-refractivity contribution is -0.120. The van der Waals surface area contributed by atoms with E-state index in [-0.39, 0.29) is 24.3 Å².